The first kappa shape index (κ1) is 19.5. The maximum atomic E-state index is 12.6. The molecule has 2 unspecified atom stereocenters. The Morgan fingerprint density at radius 2 is 2.00 bits per heavy atom. The van der Waals surface area contributed by atoms with E-state index in [1.54, 1.807) is 0 Å². The summed E-state index contributed by atoms with van der Waals surface area (Å²) in [6, 6.07) is 10.3. The lowest BCUT2D eigenvalue weighted by atomic mass is 10.0. The second-order valence-corrected chi connectivity index (χ2v) is 11.0. The zero-order valence-electron chi connectivity index (χ0n) is 17.2. The van der Waals surface area contributed by atoms with Crippen molar-refractivity contribution in [3.63, 3.8) is 0 Å². The van der Waals surface area contributed by atoms with E-state index >= 15 is 0 Å². The van der Waals surface area contributed by atoms with Crippen LogP contribution in [-0.2, 0) is 11.0 Å². The minimum absolute atomic E-state index is 0.262. The van der Waals surface area contributed by atoms with E-state index in [1.807, 2.05) is 35.1 Å². The molecule has 0 N–H and O–H groups in total. The molecule has 0 amide bonds. The molecule has 1 aromatic carbocycles. The number of pyridine rings is 1. The fraction of sp³-hybridized carbons (Fsp3) is 0.348. The van der Waals surface area contributed by atoms with Crippen LogP contribution in [0, 0.1) is 6.92 Å². The molecular formula is C23H22BrN5OS. The van der Waals surface area contributed by atoms with Crippen molar-refractivity contribution in [3.05, 3.63) is 58.6 Å². The Morgan fingerprint density at radius 1 is 1.16 bits per heavy atom. The van der Waals surface area contributed by atoms with Crippen LogP contribution < -0.4 is 0 Å². The van der Waals surface area contributed by atoms with Gasteiger partial charge in [-0.15, -0.1) is 0 Å². The van der Waals surface area contributed by atoms with Gasteiger partial charge in [0.25, 0.3) is 0 Å². The lowest BCUT2D eigenvalue weighted by Crippen LogP contribution is -2.26. The summed E-state index contributed by atoms with van der Waals surface area (Å²) in [6.07, 6.45) is 6.94. The van der Waals surface area contributed by atoms with Crippen LogP contribution in [-0.4, -0.2) is 46.4 Å². The van der Waals surface area contributed by atoms with E-state index in [0.29, 0.717) is 5.25 Å². The summed E-state index contributed by atoms with van der Waals surface area (Å²) in [5.41, 5.74) is 5.88. The highest BCUT2D eigenvalue weighted by Crippen LogP contribution is 2.38. The van der Waals surface area contributed by atoms with Gasteiger partial charge < -0.3 is 0 Å². The van der Waals surface area contributed by atoms with Gasteiger partial charge in [-0.05, 0) is 54.2 Å². The van der Waals surface area contributed by atoms with Crippen LogP contribution in [0.15, 0.2) is 47.2 Å². The Hall–Kier alpha value is -2.16. The number of aryl methyl sites for hydroxylation is 1. The average molecular weight is 496 g/mol. The first-order valence-electron chi connectivity index (χ1n) is 10.6. The van der Waals surface area contributed by atoms with Crippen molar-refractivity contribution in [3.8, 4) is 11.1 Å². The Kier molecular flexibility index (Phi) is 4.70. The van der Waals surface area contributed by atoms with Crippen molar-refractivity contribution in [2.45, 2.75) is 37.4 Å². The third-order valence-corrected chi connectivity index (χ3v) is 9.20. The zero-order valence-corrected chi connectivity index (χ0v) is 19.6. The molecule has 0 spiro atoms. The second-order valence-electron chi connectivity index (χ2n) is 8.46. The molecule has 1 aliphatic heterocycles. The largest absolute Gasteiger partial charge is 0.256 e. The summed E-state index contributed by atoms with van der Waals surface area (Å²) in [4.78, 5) is 9.71. The van der Waals surface area contributed by atoms with Crippen LogP contribution in [0.4, 0.5) is 0 Å². The normalized spacial score (nSPS) is 20.6. The molecule has 1 saturated heterocycles. The van der Waals surface area contributed by atoms with Crippen molar-refractivity contribution in [1.82, 2.24) is 23.9 Å². The van der Waals surface area contributed by atoms with Crippen LogP contribution >= 0.6 is 15.9 Å². The molecule has 2 aliphatic rings. The van der Waals surface area contributed by atoms with Crippen molar-refractivity contribution in [2.75, 3.05) is 13.1 Å². The quantitative estimate of drug-likeness (QED) is 0.413. The van der Waals surface area contributed by atoms with E-state index in [2.05, 4.69) is 49.4 Å². The molecule has 2 atom stereocenters. The zero-order chi connectivity index (χ0) is 21.1. The lowest BCUT2D eigenvalue weighted by molar-refractivity contribution is 0.525. The molecule has 4 aromatic rings. The summed E-state index contributed by atoms with van der Waals surface area (Å²) in [7, 11) is -0.845. The van der Waals surface area contributed by atoms with E-state index in [-0.39, 0.29) is 5.92 Å². The molecule has 4 heterocycles. The van der Waals surface area contributed by atoms with Gasteiger partial charge >= 0.3 is 0 Å². The average Bonchev–Trinajstić information content (AvgIpc) is 3.37. The summed E-state index contributed by atoms with van der Waals surface area (Å²) in [5.74, 6) is 0.262. The number of rotatable bonds is 4. The van der Waals surface area contributed by atoms with E-state index < -0.39 is 11.0 Å². The van der Waals surface area contributed by atoms with Gasteiger partial charge in [0.15, 0.2) is 5.65 Å². The molecule has 1 aliphatic carbocycles. The van der Waals surface area contributed by atoms with Gasteiger partial charge in [-0.1, -0.05) is 18.2 Å². The maximum Gasteiger partial charge on any atom is 0.163 e. The number of hydrogen-bond donors (Lipinski definition) is 0. The fourth-order valence-electron chi connectivity index (χ4n) is 4.42. The fourth-order valence-corrected chi connectivity index (χ4v) is 6.58. The van der Waals surface area contributed by atoms with Gasteiger partial charge in [0.05, 0.1) is 38.6 Å². The molecule has 158 valence electrons. The van der Waals surface area contributed by atoms with Crippen molar-refractivity contribution in [2.24, 2.45) is 0 Å². The topological polar surface area (TPSA) is 63.4 Å². The van der Waals surface area contributed by atoms with E-state index in [4.69, 9.17) is 4.98 Å². The number of fused-ring (bicyclic) bond motifs is 2. The standard InChI is InChI=1S/C23H22BrN5OS/c1-14-21(24)22(16-8-9-28(13-16)31(30)18-6-7-18)27-23-19(12-26-29(14)23)17-10-15-4-2-3-5-20(15)25-11-17/h2-5,10-12,16,18H,6-9,13H2,1H3. The smallest absolute Gasteiger partial charge is 0.163 e. The molecule has 3 aromatic heterocycles. The number of halogens is 1. The molecule has 8 heteroatoms. The Morgan fingerprint density at radius 3 is 2.84 bits per heavy atom. The van der Waals surface area contributed by atoms with Crippen LogP contribution in [0.3, 0.4) is 0 Å². The molecule has 2 fully saturated rings. The number of nitrogens with zero attached hydrogens (tertiary/aromatic N) is 5. The van der Waals surface area contributed by atoms with Gasteiger partial charge in [0, 0.05) is 47.0 Å². The Balaban J connectivity index is 1.42. The van der Waals surface area contributed by atoms with Crippen LogP contribution in [0.5, 0.6) is 0 Å². The maximum absolute atomic E-state index is 12.6. The summed E-state index contributed by atoms with van der Waals surface area (Å²) >= 11 is 3.78. The summed E-state index contributed by atoms with van der Waals surface area (Å²) in [5, 5.41) is 6.09. The molecule has 0 radical (unpaired) electrons. The summed E-state index contributed by atoms with van der Waals surface area (Å²) in [6.45, 7) is 3.73. The third kappa shape index (κ3) is 3.32. The number of aromatic nitrogens is 4. The van der Waals surface area contributed by atoms with E-state index in [0.717, 1.165) is 75.9 Å². The number of benzene rings is 1. The number of para-hydroxylation sites is 1. The molecule has 6 rings (SSSR count). The van der Waals surface area contributed by atoms with Crippen molar-refractivity contribution >= 4 is 43.5 Å². The van der Waals surface area contributed by atoms with Gasteiger partial charge in [-0.25, -0.2) is 18.0 Å². The van der Waals surface area contributed by atoms with Crippen LogP contribution in [0.25, 0.3) is 27.7 Å². The molecule has 0 bridgehead atoms. The monoisotopic (exact) mass is 495 g/mol. The molecule has 6 nitrogen and oxygen atoms in total. The van der Waals surface area contributed by atoms with Crippen molar-refractivity contribution in [1.29, 1.82) is 0 Å². The number of hydrogen-bond acceptors (Lipinski definition) is 4. The van der Waals surface area contributed by atoms with Gasteiger partial charge in [0.1, 0.15) is 0 Å². The first-order chi connectivity index (χ1) is 15.1. The second kappa shape index (κ2) is 7.46. The van der Waals surface area contributed by atoms with Crippen molar-refractivity contribution < 1.29 is 4.21 Å². The summed E-state index contributed by atoms with van der Waals surface area (Å²) < 4.78 is 17.7. The predicted octanol–water partition coefficient (Wildman–Crippen LogP) is 4.63. The minimum atomic E-state index is -0.845. The molecular weight excluding hydrogens is 474 g/mol. The molecule has 1 saturated carbocycles. The highest BCUT2D eigenvalue weighted by atomic mass is 79.9. The van der Waals surface area contributed by atoms with Gasteiger partial charge in [-0.3, -0.25) is 4.98 Å². The van der Waals surface area contributed by atoms with Crippen LogP contribution in [0.1, 0.15) is 36.6 Å². The predicted molar refractivity (Wildman–Crippen MR) is 126 cm³/mol. The molecule has 31 heavy (non-hydrogen) atoms. The van der Waals surface area contributed by atoms with E-state index in [1.165, 1.54) is 0 Å². The minimum Gasteiger partial charge on any atom is -0.256 e. The van der Waals surface area contributed by atoms with Gasteiger partial charge in [0.2, 0.25) is 0 Å². The first-order valence-corrected chi connectivity index (χ1v) is 12.6. The van der Waals surface area contributed by atoms with E-state index in [9.17, 15) is 4.21 Å². The highest BCUT2D eigenvalue weighted by Gasteiger charge is 2.37. The lowest BCUT2D eigenvalue weighted by Gasteiger charge is -2.16. The Bertz CT molecular complexity index is 1350. The third-order valence-electron chi connectivity index (χ3n) is 6.33. The highest BCUT2D eigenvalue weighted by molar-refractivity contribution is 9.10. The SMILES string of the molecule is Cc1c(Br)c(C2CCN(S(=O)C3CC3)C2)nc2c(-c3cnc4ccccc4c3)cnn12. The Labute approximate surface area is 191 Å². The van der Waals surface area contributed by atoms with Gasteiger partial charge in [-0.2, -0.15) is 5.10 Å². The van der Waals surface area contributed by atoms with Crippen LogP contribution in [0.2, 0.25) is 0 Å².